The fourth-order valence-corrected chi connectivity index (χ4v) is 2.35. The van der Waals surface area contributed by atoms with Crippen molar-refractivity contribution in [3.05, 3.63) is 40.1 Å². The normalized spacial score (nSPS) is 10.5. The summed E-state index contributed by atoms with van der Waals surface area (Å²) in [5.41, 5.74) is 7.90. The second kappa shape index (κ2) is 6.02. The molecule has 1 heterocycles. The van der Waals surface area contributed by atoms with Gasteiger partial charge in [-0.1, -0.05) is 19.4 Å². The fraction of sp³-hybridized carbons (Fsp3) is 0.286. The van der Waals surface area contributed by atoms with E-state index in [1.807, 2.05) is 25.1 Å². The average Bonchev–Trinajstić information content (AvgIpc) is 2.37. The van der Waals surface area contributed by atoms with E-state index in [0.29, 0.717) is 11.7 Å². The standard InChI is InChI=1S/C14H16BrN3O/c1-3-4-10-13(16)17-8-18-14(10)19-12-6-5-9(2)7-11(12)15/h5-8H,3-4H2,1-2H3,(H2,16,17,18). The van der Waals surface area contributed by atoms with Crippen LogP contribution in [0, 0.1) is 6.92 Å². The first-order chi connectivity index (χ1) is 9.11. The molecular weight excluding hydrogens is 306 g/mol. The van der Waals surface area contributed by atoms with Crippen LogP contribution < -0.4 is 10.5 Å². The number of halogens is 1. The highest BCUT2D eigenvalue weighted by atomic mass is 79.9. The van der Waals surface area contributed by atoms with Gasteiger partial charge in [-0.25, -0.2) is 9.97 Å². The van der Waals surface area contributed by atoms with Gasteiger partial charge in [-0.05, 0) is 47.0 Å². The van der Waals surface area contributed by atoms with Gasteiger partial charge in [0.25, 0.3) is 0 Å². The summed E-state index contributed by atoms with van der Waals surface area (Å²) in [5.74, 6) is 1.73. The lowest BCUT2D eigenvalue weighted by Gasteiger charge is -2.12. The number of ether oxygens (including phenoxy) is 1. The van der Waals surface area contributed by atoms with E-state index >= 15 is 0 Å². The van der Waals surface area contributed by atoms with Crippen molar-refractivity contribution < 1.29 is 4.74 Å². The molecule has 0 saturated heterocycles. The van der Waals surface area contributed by atoms with E-state index in [1.165, 1.54) is 6.33 Å². The van der Waals surface area contributed by atoms with E-state index in [2.05, 4.69) is 32.8 Å². The smallest absolute Gasteiger partial charge is 0.227 e. The molecule has 0 amide bonds. The minimum Gasteiger partial charge on any atom is -0.437 e. The van der Waals surface area contributed by atoms with Crippen molar-refractivity contribution in [1.29, 1.82) is 0 Å². The summed E-state index contributed by atoms with van der Waals surface area (Å²) >= 11 is 3.49. The molecule has 0 radical (unpaired) electrons. The predicted octanol–water partition coefficient (Wildman–Crippen LogP) is 3.87. The first kappa shape index (κ1) is 13.8. The molecule has 0 saturated carbocycles. The molecule has 1 aromatic carbocycles. The highest BCUT2D eigenvalue weighted by molar-refractivity contribution is 9.10. The Hall–Kier alpha value is -1.62. The number of nitrogen functional groups attached to an aromatic ring is 1. The molecule has 0 atom stereocenters. The SMILES string of the molecule is CCCc1c(N)ncnc1Oc1ccc(C)cc1Br. The van der Waals surface area contributed by atoms with Crippen molar-refractivity contribution in [1.82, 2.24) is 9.97 Å². The average molecular weight is 322 g/mol. The molecule has 0 fully saturated rings. The van der Waals surface area contributed by atoms with Gasteiger partial charge in [0.15, 0.2) is 0 Å². The van der Waals surface area contributed by atoms with Crippen LogP contribution >= 0.6 is 15.9 Å². The van der Waals surface area contributed by atoms with Crippen LogP contribution in [0.25, 0.3) is 0 Å². The number of nitrogens with two attached hydrogens (primary N) is 1. The third-order valence-corrected chi connectivity index (χ3v) is 3.35. The summed E-state index contributed by atoms with van der Waals surface area (Å²) in [6.07, 6.45) is 3.18. The third-order valence-electron chi connectivity index (χ3n) is 2.73. The van der Waals surface area contributed by atoms with Crippen molar-refractivity contribution in [2.75, 3.05) is 5.73 Å². The molecule has 100 valence electrons. The molecule has 0 unspecified atom stereocenters. The first-order valence-electron chi connectivity index (χ1n) is 6.15. The van der Waals surface area contributed by atoms with Gasteiger partial charge < -0.3 is 10.5 Å². The lowest BCUT2D eigenvalue weighted by molar-refractivity contribution is 0.452. The molecule has 0 aliphatic carbocycles. The topological polar surface area (TPSA) is 61.0 Å². The Morgan fingerprint density at radius 1 is 1.32 bits per heavy atom. The van der Waals surface area contributed by atoms with E-state index in [4.69, 9.17) is 10.5 Å². The number of rotatable bonds is 4. The van der Waals surface area contributed by atoms with Gasteiger partial charge in [0, 0.05) is 0 Å². The Balaban J connectivity index is 2.35. The summed E-state index contributed by atoms with van der Waals surface area (Å²) in [6, 6.07) is 5.90. The minimum atomic E-state index is 0.482. The molecule has 2 aromatic rings. The number of anilines is 1. The number of hydrogen-bond acceptors (Lipinski definition) is 4. The quantitative estimate of drug-likeness (QED) is 0.928. The van der Waals surface area contributed by atoms with E-state index < -0.39 is 0 Å². The molecular formula is C14H16BrN3O. The lowest BCUT2D eigenvalue weighted by atomic mass is 10.2. The zero-order valence-electron chi connectivity index (χ0n) is 11.0. The Labute approximate surface area is 121 Å². The van der Waals surface area contributed by atoms with Gasteiger partial charge in [0.1, 0.15) is 17.9 Å². The van der Waals surface area contributed by atoms with Gasteiger partial charge >= 0.3 is 0 Å². The largest absolute Gasteiger partial charge is 0.437 e. The molecule has 19 heavy (non-hydrogen) atoms. The van der Waals surface area contributed by atoms with Crippen LogP contribution in [0.5, 0.6) is 11.6 Å². The number of nitrogens with zero attached hydrogens (tertiary/aromatic N) is 2. The first-order valence-corrected chi connectivity index (χ1v) is 6.94. The van der Waals surface area contributed by atoms with Crippen LogP contribution in [0.2, 0.25) is 0 Å². The van der Waals surface area contributed by atoms with Crippen LogP contribution in [0.1, 0.15) is 24.5 Å². The van der Waals surface area contributed by atoms with Crippen LogP contribution in [0.15, 0.2) is 29.0 Å². The number of aryl methyl sites for hydroxylation is 1. The number of aromatic nitrogens is 2. The van der Waals surface area contributed by atoms with Crippen LogP contribution in [0.3, 0.4) is 0 Å². The maximum atomic E-state index is 5.88. The lowest BCUT2D eigenvalue weighted by Crippen LogP contribution is -2.02. The van der Waals surface area contributed by atoms with Gasteiger partial charge in [-0.3, -0.25) is 0 Å². The van der Waals surface area contributed by atoms with Gasteiger partial charge in [0.05, 0.1) is 10.0 Å². The van der Waals surface area contributed by atoms with Crippen molar-refractivity contribution in [3.8, 4) is 11.6 Å². The van der Waals surface area contributed by atoms with Crippen molar-refractivity contribution in [3.63, 3.8) is 0 Å². The van der Waals surface area contributed by atoms with Crippen molar-refractivity contribution in [2.45, 2.75) is 26.7 Å². The Morgan fingerprint density at radius 2 is 2.11 bits per heavy atom. The molecule has 4 nitrogen and oxygen atoms in total. The van der Waals surface area contributed by atoms with Crippen molar-refractivity contribution >= 4 is 21.7 Å². The molecule has 2 rings (SSSR count). The molecule has 0 bridgehead atoms. The zero-order chi connectivity index (χ0) is 13.8. The fourth-order valence-electron chi connectivity index (χ4n) is 1.77. The van der Waals surface area contributed by atoms with Crippen LogP contribution in [0.4, 0.5) is 5.82 Å². The third kappa shape index (κ3) is 3.23. The van der Waals surface area contributed by atoms with E-state index in [0.717, 1.165) is 34.2 Å². The number of hydrogen-bond donors (Lipinski definition) is 1. The maximum Gasteiger partial charge on any atom is 0.227 e. The second-order valence-electron chi connectivity index (χ2n) is 4.33. The summed E-state index contributed by atoms with van der Waals surface area (Å²) in [5, 5.41) is 0. The number of benzene rings is 1. The van der Waals surface area contributed by atoms with Crippen LogP contribution in [-0.2, 0) is 6.42 Å². The zero-order valence-corrected chi connectivity index (χ0v) is 12.6. The Bertz CT molecular complexity index is 587. The van der Waals surface area contributed by atoms with Crippen LogP contribution in [-0.4, -0.2) is 9.97 Å². The molecule has 5 heteroatoms. The predicted molar refractivity (Wildman–Crippen MR) is 79.4 cm³/mol. The van der Waals surface area contributed by atoms with Gasteiger partial charge in [-0.2, -0.15) is 0 Å². The Kier molecular flexibility index (Phi) is 4.37. The molecule has 0 aliphatic heterocycles. The summed E-state index contributed by atoms with van der Waals surface area (Å²) < 4.78 is 6.75. The molecule has 2 N–H and O–H groups in total. The Morgan fingerprint density at radius 3 is 2.79 bits per heavy atom. The van der Waals surface area contributed by atoms with Gasteiger partial charge in [0.2, 0.25) is 5.88 Å². The molecule has 0 aliphatic rings. The highest BCUT2D eigenvalue weighted by Gasteiger charge is 2.12. The monoisotopic (exact) mass is 321 g/mol. The molecule has 1 aromatic heterocycles. The summed E-state index contributed by atoms with van der Waals surface area (Å²) in [6.45, 7) is 4.11. The highest BCUT2D eigenvalue weighted by Crippen LogP contribution is 2.32. The van der Waals surface area contributed by atoms with E-state index in [9.17, 15) is 0 Å². The van der Waals surface area contributed by atoms with E-state index in [-0.39, 0.29) is 0 Å². The molecule has 0 spiro atoms. The minimum absolute atomic E-state index is 0.482. The summed E-state index contributed by atoms with van der Waals surface area (Å²) in [7, 11) is 0. The maximum absolute atomic E-state index is 5.88. The summed E-state index contributed by atoms with van der Waals surface area (Å²) in [4.78, 5) is 8.19. The van der Waals surface area contributed by atoms with E-state index in [1.54, 1.807) is 0 Å². The second-order valence-corrected chi connectivity index (χ2v) is 5.18. The van der Waals surface area contributed by atoms with Crippen molar-refractivity contribution in [2.24, 2.45) is 0 Å². The van der Waals surface area contributed by atoms with Gasteiger partial charge in [-0.15, -0.1) is 0 Å².